The minimum Gasteiger partial charge on any atom is -0.356 e. The number of carbonyl (C=O) groups is 2. The van der Waals surface area contributed by atoms with Crippen molar-refractivity contribution in [2.24, 2.45) is 0 Å². The Balaban J connectivity index is 1.98. The highest BCUT2D eigenvalue weighted by Crippen LogP contribution is 2.23. The maximum Gasteiger partial charge on any atom is 0.221 e. The van der Waals surface area contributed by atoms with Gasteiger partial charge in [0.05, 0.1) is 0 Å². The van der Waals surface area contributed by atoms with Gasteiger partial charge in [0.25, 0.3) is 0 Å². The second-order valence-corrected chi connectivity index (χ2v) is 17.8. The summed E-state index contributed by atoms with van der Waals surface area (Å²) in [5.74, 6) is 0.362. The fourth-order valence-electron chi connectivity index (χ4n) is 8.75. The summed E-state index contributed by atoms with van der Waals surface area (Å²) in [6.07, 6.45) is 54.2. The molecule has 0 saturated heterocycles. The van der Waals surface area contributed by atoms with Crippen molar-refractivity contribution >= 4 is 11.8 Å². The van der Waals surface area contributed by atoms with Crippen LogP contribution in [-0.2, 0) is 9.59 Å². The van der Waals surface area contributed by atoms with Gasteiger partial charge in [0.15, 0.2) is 0 Å². The molecule has 0 aromatic carbocycles. The fraction of sp³-hybridized carbons (Fsp3) is 0.960. The van der Waals surface area contributed by atoms with Crippen LogP contribution in [0.15, 0.2) is 0 Å². The molecule has 0 unspecified atom stereocenters. The van der Waals surface area contributed by atoms with E-state index in [2.05, 4.69) is 29.4 Å². The van der Waals surface area contributed by atoms with Crippen LogP contribution in [0.1, 0.15) is 277 Å². The standard InChI is InChI=1S/C50H99N3O2/c1-3-5-7-9-11-13-15-17-19-21-22-24-26-28-30-32-34-39-45-52-50(55)43-47-53(48-40-36-35-37-41-48)46-42-49(54)51-44-38-33-31-29-27-25-23-20-18-16-14-12-10-8-6-4-2/h48H,3-47H2,1-2H3,(H,51,54)(H,52,55). The molecular formula is C50H99N3O2. The van der Waals surface area contributed by atoms with Gasteiger partial charge in [-0.05, 0) is 25.7 Å². The van der Waals surface area contributed by atoms with E-state index >= 15 is 0 Å². The molecule has 1 saturated carbocycles. The topological polar surface area (TPSA) is 61.4 Å². The van der Waals surface area contributed by atoms with Gasteiger partial charge in [0.2, 0.25) is 11.8 Å². The fourth-order valence-corrected chi connectivity index (χ4v) is 8.75. The highest BCUT2D eigenvalue weighted by Gasteiger charge is 2.22. The molecule has 0 aromatic rings. The van der Waals surface area contributed by atoms with Crippen LogP contribution in [-0.4, -0.2) is 48.9 Å². The van der Waals surface area contributed by atoms with Crippen molar-refractivity contribution in [2.75, 3.05) is 26.2 Å². The lowest BCUT2D eigenvalue weighted by molar-refractivity contribution is -0.121. The molecule has 0 spiro atoms. The van der Waals surface area contributed by atoms with Crippen molar-refractivity contribution in [3.8, 4) is 0 Å². The zero-order chi connectivity index (χ0) is 39.5. The second kappa shape index (κ2) is 42.5. The molecule has 1 aliphatic rings. The summed E-state index contributed by atoms with van der Waals surface area (Å²) in [5.41, 5.74) is 0. The lowest BCUT2D eigenvalue weighted by Crippen LogP contribution is -2.41. The summed E-state index contributed by atoms with van der Waals surface area (Å²) >= 11 is 0. The quantitative estimate of drug-likeness (QED) is 0.0607. The van der Waals surface area contributed by atoms with Gasteiger partial charge in [0.1, 0.15) is 0 Å². The van der Waals surface area contributed by atoms with Gasteiger partial charge < -0.3 is 10.6 Å². The highest BCUT2D eigenvalue weighted by atomic mass is 16.2. The average molecular weight is 774 g/mol. The van der Waals surface area contributed by atoms with Gasteiger partial charge in [0, 0.05) is 45.1 Å². The van der Waals surface area contributed by atoms with E-state index in [4.69, 9.17) is 0 Å². The van der Waals surface area contributed by atoms with Crippen LogP contribution in [0.3, 0.4) is 0 Å². The van der Waals surface area contributed by atoms with Crippen molar-refractivity contribution in [3.05, 3.63) is 0 Å². The molecule has 0 radical (unpaired) electrons. The normalized spacial score (nSPS) is 13.5. The van der Waals surface area contributed by atoms with Crippen LogP contribution in [0.4, 0.5) is 0 Å². The molecule has 1 fully saturated rings. The Labute approximate surface area is 345 Å². The molecule has 0 atom stereocenters. The van der Waals surface area contributed by atoms with E-state index in [1.54, 1.807) is 0 Å². The number of carbonyl (C=O) groups excluding carboxylic acids is 2. The van der Waals surface area contributed by atoms with Crippen molar-refractivity contribution in [3.63, 3.8) is 0 Å². The summed E-state index contributed by atoms with van der Waals surface area (Å²) in [6, 6.07) is 0.532. The Bertz CT molecular complexity index is 798. The van der Waals surface area contributed by atoms with Crippen LogP contribution in [0, 0.1) is 0 Å². The first-order chi connectivity index (χ1) is 27.2. The summed E-state index contributed by atoms with van der Waals surface area (Å²) in [4.78, 5) is 27.9. The van der Waals surface area contributed by atoms with Gasteiger partial charge in [-0.15, -0.1) is 0 Å². The Hall–Kier alpha value is -1.10. The predicted octanol–water partition coefficient (Wildman–Crippen LogP) is 14.9. The first-order valence-electron chi connectivity index (χ1n) is 25.4. The number of nitrogens with zero attached hydrogens (tertiary/aromatic N) is 1. The minimum absolute atomic E-state index is 0.181. The molecule has 0 aromatic heterocycles. The molecule has 0 aliphatic heterocycles. The van der Waals surface area contributed by atoms with Crippen molar-refractivity contribution in [2.45, 2.75) is 283 Å². The third-order valence-electron chi connectivity index (χ3n) is 12.5. The predicted molar refractivity (Wildman–Crippen MR) is 242 cm³/mol. The summed E-state index contributed by atoms with van der Waals surface area (Å²) < 4.78 is 0. The lowest BCUT2D eigenvalue weighted by Gasteiger charge is -2.34. The van der Waals surface area contributed by atoms with E-state index in [9.17, 15) is 9.59 Å². The van der Waals surface area contributed by atoms with Crippen molar-refractivity contribution in [1.29, 1.82) is 0 Å². The summed E-state index contributed by atoms with van der Waals surface area (Å²) in [6.45, 7) is 7.76. The summed E-state index contributed by atoms with van der Waals surface area (Å²) in [7, 11) is 0. The van der Waals surface area contributed by atoms with E-state index in [-0.39, 0.29) is 11.8 Å². The van der Waals surface area contributed by atoms with Crippen LogP contribution in [0.25, 0.3) is 0 Å². The third-order valence-corrected chi connectivity index (χ3v) is 12.5. The third kappa shape index (κ3) is 37.0. The molecule has 1 aliphatic carbocycles. The number of nitrogens with one attached hydrogen (secondary N) is 2. The number of unbranched alkanes of at least 4 members (excludes halogenated alkanes) is 32. The SMILES string of the molecule is CCCCCCCCCCCCCCCCCCCCNC(=O)CCN(CCC(=O)NCCCCCCCCCCCCCCCCCC)C1CCCCC1. The number of rotatable bonds is 43. The number of hydrogen-bond donors (Lipinski definition) is 2. The van der Waals surface area contributed by atoms with E-state index in [1.807, 2.05) is 0 Å². The van der Waals surface area contributed by atoms with Crippen LogP contribution >= 0.6 is 0 Å². The maximum atomic E-state index is 12.7. The van der Waals surface area contributed by atoms with Gasteiger partial charge in [-0.25, -0.2) is 0 Å². The molecule has 0 heterocycles. The van der Waals surface area contributed by atoms with Crippen LogP contribution < -0.4 is 10.6 Å². The van der Waals surface area contributed by atoms with Gasteiger partial charge >= 0.3 is 0 Å². The van der Waals surface area contributed by atoms with Crippen molar-refractivity contribution < 1.29 is 9.59 Å². The molecule has 55 heavy (non-hydrogen) atoms. The Morgan fingerprint density at radius 2 is 0.636 bits per heavy atom. The smallest absolute Gasteiger partial charge is 0.221 e. The largest absolute Gasteiger partial charge is 0.356 e. The average Bonchev–Trinajstić information content (AvgIpc) is 3.20. The first kappa shape index (κ1) is 51.9. The van der Waals surface area contributed by atoms with E-state index in [0.717, 1.165) is 39.0 Å². The van der Waals surface area contributed by atoms with E-state index in [1.165, 1.54) is 238 Å². The number of hydrogen-bond acceptors (Lipinski definition) is 3. The molecule has 326 valence electrons. The molecule has 5 heteroatoms. The second-order valence-electron chi connectivity index (χ2n) is 17.8. The Morgan fingerprint density at radius 3 is 0.909 bits per heavy atom. The van der Waals surface area contributed by atoms with E-state index < -0.39 is 0 Å². The minimum atomic E-state index is 0.181. The number of amides is 2. The van der Waals surface area contributed by atoms with Gasteiger partial charge in [-0.2, -0.15) is 0 Å². The zero-order valence-corrected chi connectivity index (χ0v) is 37.7. The highest BCUT2D eigenvalue weighted by molar-refractivity contribution is 5.76. The van der Waals surface area contributed by atoms with Crippen LogP contribution in [0.2, 0.25) is 0 Å². The lowest BCUT2D eigenvalue weighted by atomic mass is 9.94. The first-order valence-corrected chi connectivity index (χ1v) is 25.4. The monoisotopic (exact) mass is 774 g/mol. The summed E-state index contributed by atoms with van der Waals surface area (Å²) in [5, 5.41) is 6.38. The van der Waals surface area contributed by atoms with Crippen molar-refractivity contribution in [1.82, 2.24) is 15.5 Å². The van der Waals surface area contributed by atoms with E-state index in [0.29, 0.717) is 18.9 Å². The molecule has 5 nitrogen and oxygen atoms in total. The van der Waals surface area contributed by atoms with Gasteiger partial charge in [-0.3, -0.25) is 14.5 Å². The zero-order valence-electron chi connectivity index (χ0n) is 37.7. The van der Waals surface area contributed by atoms with Gasteiger partial charge in [-0.1, -0.05) is 239 Å². The molecule has 2 N–H and O–H groups in total. The molecule has 2 amide bonds. The van der Waals surface area contributed by atoms with Crippen LogP contribution in [0.5, 0.6) is 0 Å². The molecular weight excluding hydrogens is 675 g/mol. The molecule has 1 rings (SSSR count). The Kier molecular flexibility index (Phi) is 40.1. The maximum absolute atomic E-state index is 12.7. The molecule has 0 bridgehead atoms. The Morgan fingerprint density at radius 1 is 0.382 bits per heavy atom.